The summed E-state index contributed by atoms with van der Waals surface area (Å²) in [7, 11) is 0. The highest BCUT2D eigenvalue weighted by molar-refractivity contribution is 5.49. The molecule has 0 radical (unpaired) electrons. The molecule has 0 bridgehead atoms. The van der Waals surface area contributed by atoms with E-state index in [4.69, 9.17) is 5.84 Å². The first-order chi connectivity index (χ1) is 9.15. The highest BCUT2D eigenvalue weighted by atomic mass is 15.3. The average molecular weight is 264 g/mol. The molecule has 6 heteroatoms. The van der Waals surface area contributed by atoms with E-state index in [2.05, 4.69) is 39.0 Å². The Balaban J connectivity index is 2.05. The lowest BCUT2D eigenvalue weighted by atomic mass is 10.2. The van der Waals surface area contributed by atoms with Gasteiger partial charge in [0.2, 0.25) is 5.95 Å². The van der Waals surface area contributed by atoms with Gasteiger partial charge in [-0.25, -0.2) is 10.8 Å². The van der Waals surface area contributed by atoms with Crippen LogP contribution in [0.5, 0.6) is 0 Å². The second-order valence-corrected chi connectivity index (χ2v) is 5.12. The molecule has 0 spiro atoms. The van der Waals surface area contributed by atoms with Crippen molar-refractivity contribution >= 4 is 11.8 Å². The number of rotatable bonds is 4. The molecule has 1 aromatic heterocycles. The van der Waals surface area contributed by atoms with Crippen molar-refractivity contribution in [3.63, 3.8) is 0 Å². The predicted molar refractivity (Wildman–Crippen MR) is 78.1 cm³/mol. The highest BCUT2D eigenvalue weighted by Gasteiger charge is 2.22. The molecular weight excluding hydrogens is 240 g/mol. The number of aromatic nitrogens is 2. The number of anilines is 2. The van der Waals surface area contributed by atoms with Gasteiger partial charge in [-0.05, 0) is 20.3 Å². The molecule has 0 aromatic carbocycles. The number of nitrogens with two attached hydrogens (primary N) is 1. The van der Waals surface area contributed by atoms with E-state index in [9.17, 15) is 0 Å². The summed E-state index contributed by atoms with van der Waals surface area (Å²) in [5.74, 6) is 6.85. The van der Waals surface area contributed by atoms with Gasteiger partial charge in [-0.2, -0.15) is 4.98 Å². The smallest absolute Gasteiger partial charge is 0.239 e. The first-order valence-electron chi connectivity index (χ1n) is 6.95. The van der Waals surface area contributed by atoms with Crippen LogP contribution in [0.15, 0.2) is 6.20 Å². The molecule has 1 unspecified atom stereocenters. The predicted octanol–water partition coefficient (Wildman–Crippen LogP) is 0.991. The minimum Gasteiger partial charge on any atom is -0.354 e. The molecule has 2 heterocycles. The lowest BCUT2D eigenvalue weighted by molar-refractivity contribution is 0.192. The Hall–Kier alpha value is -1.40. The number of piperazine rings is 1. The number of nitrogens with zero attached hydrogens (tertiary/aromatic N) is 4. The molecular formula is C13H24N6. The van der Waals surface area contributed by atoms with Crippen LogP contribution in [0.2, 0.25) is 0 Å². The maximum Gasteiger partial charge on any atom is 0.239 e. The van der Waals surface area contributed by atoms with Gasteiger partial charge < -0.3 is 4.90 Å². The number of nitrogens with one attached hydrogen (secondary N) is 1. The van der Waals surface area contributed by atoms with Crippen LogP contribution in [-0.2, 0) is 0 Å². The van der Waals surface area contributed by atoms with Crippen molar-refractivity contribution in [3.8, 4) is 0 Å². The van der Waals surface area contributed by atoms with Crippen molar-refractivity contribution in [1.82, 2.24) is 14.9 Å². The van der Waals surface area contributed by atoms with Gasteiger partial charge in [-0.3, -0.25) is 10.3 Å². The first kappa shape index (κ1) is 14.0. The largest absolute Gasteiger partial charge is 0.354 e. The van der Waals surface area contributed by atoms with E-state index in [-0.39, 0.29) is 0 Å². The minimum atomic E-state index is 0.477. The highest BCUT2D eigenvalue weighted by Crippen LogP contribution is 2.20. The van der Waals surface area contributed by atoms with Crippen LogP contribution >= 0.6 is 0 Å². The Morgan fingerprint density at radius 2 is 2.05 bits per heavy atom. The van der Waals surface area contributed by atoms with Gasteiger partial charge in [0.25, 0.3) is 0 Å². The summed E-state index contributed by atoms with van der Waals surface area (Å²) in [6, 6.07) is 0.662. The van der Waals surface area contributed by atoms with Crippen LogP contribution in [-0.4, -0.2) is 47.1 Å². The number of nitrogen functional groups attached to an aromatic ring is 1. The van der Waals surface area contributed by atoms with E-state index < -0.39 is 0 Å². The van der Waals surface area contributed by atoms with Gasteiger partial charge in [0.1, 0.15) is 5.82 Å². The second-order valence-electron chi connectivity index (χ2n) is 5.12. The fourth-order valence-electron chi connectivity index (χ4n) is 2.46. The molecule has 1 atom stereocenters. The Bertz CT molecular complexity index is 414. The quantitative estimate of drug-likeness (QED) is 0.624. The minimum absolute atomic E-state index is 0.477. The molecule has 1 aliphatic rings. The summed E-state index contributed by atoms with van der Waals surface area (Å²) in [4.78, 5) is 13.4. The summed E-state index contributed by atoms with van der Waals surface area (Å²) in [5, 5.41) is 0. The van der Waals surface area contributed by atoms with Crippen molar-refractivity contribution in [3.05, 3.63) is 11.8 Å². The summed E-state index contributed by atoms with van der Waals surface area (Å²) in [6.45, 7) is 10.8. The summed E-state index contributed by atoms with van der Waals surface area (Å²) in [6.07, 6.45) is 3.02. The molecule has 1 saturated heterocycles. The fourth-order valence-corrected chi connectivity index (χ4v) is 2.46. The van der Waals surface area contributed by atoms with E-state index in [1.807, 2.05) is 13.1 Å². The van der Waals surface area contributed by atoms with Gasteiger partial charge in [0, 0.05) is 44.0 Å². The molecule has 0 aliphatic carbocycles. The van der Waals surface area contributed by atoms with Crippen molar-refractivity contribution in [1.29, 1.82) is 0 Å². The van der Waals surface area contributed by atoms with Crippen LogP contribution < -0.4 is 16.2 Å². The van der Waals surface area contributed by atoms with E-state index >= 15 is 0 Å². The monoisotopic (exact) mass is 264 g/mol. The number of hydrogen-bond acceptors (Lipinski definition) is 6. The van der Waals surface area contributed by atoms with Crippen molar-refractivity contribution < 1.29 is 0 Å². The van der Waals surface area contributed by atoms with Crippen molar-refractivity contribution in [2.75, 3.05) is 36.5 Å². The lowest BCUT2D eigenvalue weighted by Gasteiger charge is -2.38. The molecule has 19 heavy (non-hydrogen) atoms. The first-order valence-corrected chi connectivity index (χ1v) is 6.95. The molecule has 0 amide bonds. The normalized spacial score (nSPS) is 18.4. The van der Waals surface area contributed by atoms with E-state index in [1.165, 1.54) is 6.42 Å². The molecule has 3 N–H and O–H groups in total. The number of aryl methyl sites for hydroxylation is 1. The molecule has 2 rings (SSSR count). The summed E-state index contributed by atoms with van der Waals surface area (Å²) >= 11 is 0. The van der Waals surface area contributed by atoms with Crippen LogP contribution in [0.4, 0.5) is 11.8 Å². The Labute approximate surface area is 115 Å². The standard InChI is InChI=1S/C13H24N6/c1-4-11(3)18-5-7-19(8-6-18)12-10(2)9-15-13(16-12)17-14/h9,11H,4-8,14H2,1-3H3,(H,15,16,17). The van der Waals surface area contributed by atoms with Crippen LogP contribution in [0.25, 0.3) is 0 Å². The van der Waals surface area contributed by atoms with Crippen molar-refractivity contribution in [2.24, 2.45) is 5.84 Å². The Kier molecular flexibility index (Phi) is 4.55. The van der Waals surface area contributed by atoms with Crippen LogP contribution in [0, 0.1) is 6.92 Å². The van der Waals surface area contributed by atoms with Gasteiger partial charge >= 0.3 is 0 Å². The molecule has 1 aromatic rings. The summed E-state index contributed by atoms with van der Waals surface area (Å²) in [5.41, 5.74) is 3.60. The molecule has 106 valence electrons. The van der Waals surface area contributed by atoms with Gasteiger partial charge in [-0.1, -0.05) is 6.92 Å². The van der Waals surface area contributed by atoms with Crippen molar-refractivity contribution in [2.45, 2.75) is 33.2 Å². The molecule has 6 nitrogen and oxygen atoms in total. The SMILES string of the molecule is CCC(C)N1CCN(c2nc(NN)ncc2C)CC1. The maximum atomic E-state index is 5.38. The third-order valence-corrected chi connectivity index (χ3v) is 3.90. The van der Waals surface area contributed by atoms with Gasteiger partial charge in [-0.15, -0.1) is 0 Å². The zero-order valence-electron chi connectivity index (χ0n) is 12.1. The van der Waals surface area contributed by atoms with E-state index in [1.54, 1.807) is 0 Å². The molecule has 1 aliphatic heterocycles. The third kappa shape index (κ3) is 3.13. The van der Waals surface area contributed by atoms with Gasteiger partial charge in [0.05, 0.1) is 0 Å². The molecule has 1 fully saturated rings. The topological polar surface area (TPSA) is 70.3 Å². The Morgan fingerprint density at radius 3 is 2.63 bits per heavy atom. The molecule has 0 saturated carbocycles. The third-order valence-electron chi connectivity index (χ3n) is 3.90. The van der Waals surface area contributed by atoms with Gasteiger partial charge in [0.15, 0.2) is 0 Å². The maximum absolute atomic E-state index is 5.38. The van der Waals surface area contributed by atoms with Crippen LogP contribution in [0.1, 0.15) is 25.8 Å². The fraction of sp³-hybridized carbons (Fsp3) is 0.692. The van der Waals surface area contributed by atoms with E-state index in [0.717, 1.165) is 37.6 Å². The second kappa shape index (κ2) is 6.16. The average Bonchev–Trinajstić information content (AvgIpc) is 2.47. The summed E-state index contributed by atoms with van der Waals surface area (Å²) < 4.78 is 0. The Morgan fingerprint density at radius 1 is 1.37 bits per heavy atom. The zero-order chi connectivity index (χ0) is 13.8. The zero-order valence-corrected chi connectivity index (χ0v) is 12.1. The van der Waals surface area contributed by atoms with E-state index in [0.29, 0.717) is 12.0 Å². The lowest BCUT2D eigenvalue weighted by Crippen LogP contribution is -2.50. The number of hydrogen-bond donors (Lipinski definition) is 2. The number of hydrazine groups is 1. The van der Waals surface area contributed by atoms with Crippen LogP contribution in [0.3, 0.4) is 0 Å².